The lowest BCUT2D eigenvalue weighted by Gasteiger charge is -2.67. The molecule has 7 N–H and O–H groups in total. The zero-order chi connectivity index (χ0) is 54.8. The van der Waals surface area contributed by atoms with Gasteiger partial charge in [0.05, 0.1) is 62.1 Å². The average Bonchev–Trinajstić information content (AvgIpc) is 3.59. The van der Waals surface area contributed by atoms with Gasteiger partial charge in [-0.1, -0.05) is 80.6 Å². The third-order valence-corrected chi connectivity index (χ3v) is 15.4. The predicted molar refractivity (Wildman–Crippen MR) is 271 cm³/mol. The molecule has 11 atom stereocenters. The second-order valence-electron chi connectivity index (χ2n) is 20.4. The molecule has 2 unspecified atom stereocenters. The standard InChI is InChI=1S/C56H71N3O17/c1-34-39(73-51(66)44(62)43(36-17-9-6-10-18-36)59-49(64)37-19-11-7-12-20-37)32-56(68)48(75-50(65)38-21-13-8-14-22-38)46-54(5,40(61)31-41-55(46,33-72-41)76-35(2)60)47(63)45(42(34)53(56,3)4)74-52(67)58-24-16-26-70-28-30-71-29-27-69-25-15-23-57/h6-14,17-22,39-41,43-46,48,61-62,68H,15-16,23-33,57H2,1-5H3,(H,58,67)(H,59,64)/t39-,40-,41?,43-,44+,45+,46-,48-,54?,55-,56+/m0/s1. The number of ether oxygens (including phenoxy) is 8. The van der Waals surface area contributed by atoms with Gasteiger partial charge in [-0.05, 0) is 74.2 Å². The maximum Gasteiger partial charge on any atom is 0.408 e. The summed E-state index contributed by atoms with van der Waals surface area (Å²) in [6.45, 7) is 9.56. The number of carbonyl (C=O) groups is 6. The lowest BCUT2D eigenvalue weighted by Crippen LogP contribution is -2.82. The Morgan fingerprint density at radius 3 is 1.96 bits per heavy atom. The second-order valence-corrected chi connectivity index (χ2v) is 20.4. The Bertz CT molecular complexity index is 2550. The molecule has 0 aromatic heterocycles. The highest BCUT2D eigenvalue weighted by atomic mass is 16.6. The molecule has 7 rings (SSSR count). The van der Waals surface area contributed by atoms with Gasteiger partial charge in [0.25, 0.3) is 5.91 Å². The summed E-state index contributed by atoms with van der Waals surface area (Å²) in [5.74, 6) is -6.15. The quantitative estimate of drug-likeness (QED) is 0.0342. The fourth-order valence-electron chi connectivity index (χ4n) is 11.3. The van der Waals surface area contributed by atoms with E-state index >= 15 is 4.79 Å². The summed E-state index contributed by atoms with van der Waals surface area (Å²) < 4.78 is 47.6. The lowest BCUT2D eigenvalue weighted by molar-refractivity contribution is -0.345. The van der Waals surface area contributed by atoms with Gasteiger partial charge < -0.3 is 69.6 Å². The summed E-state index contributed by atoms with van der Waals surface area (Å²) in [5.41, 5.74) is -1.99. The van der Waals surface area contributed by atoms with E-state index in [1.807, 2.05) is 0 Å². The molecular formula is C56H71N3O17. The van der Waals surface area contributed by atoms with Gasteiger partial charge in [0.2, 0.25) is 0 Å². The van der Waals surface area contributed by atoms with Crippen LogP contribution in [0.3, 0.4) is 0 Å². The highest BCUT2D eigenvalue weighted by Crippen LogP contribution is 2.64. The van der Waals surface area contributed by atoms with E-state index < -0.39 is 113 Å². The lowest BCUT2D eigenvalue weighted by atomic mass is 9.44. The first-order valence-corrected chi connectivity index (χ1v) is 25.7. The SMILES string of the molecule is CC(=O)O[C@@]12COC1C[C@H](O)C1(C)C(=O)[C@H](OC(=O)NCCCOCCOCCOCCCN)C3=C(C)[C@@H](OC(=O)[C@H](O)[C@@H](NC(=O)c4ccccc4)c4ccccc4)C[C@@](O)([C@@H](OC(=O)c4ccccc4)[C@@H]12)C3(C)C. The number of fused-ring (bicyclic) bond motifs is 5. The van der Waals surface area contributed by atoms with Crippen LogP contribution in [0.5, 0.6) is 0 Å². The molecule has 3 aromatic rings. The summed E-state index contributed by atoms with van der Waals surface area (Å²) >= 11 is 0. The number of rotatable bonds is 23. The summed E-state index contributed by atoms with van der Waals surface area (Å²) in [6, 6.07) is 22.9. The van der Waals surface area contributed by atoms with Crippen LogP contribution in [-0.4, -0.2) is 158 Å². The Morgan fingerprint density at radius 1 is 0.803 bits per heavy atom. The van der Waals surface area contributed by atoms with Gasteiger partial charge in [0.15, 0.2) is 23.6 Å². The monoisotopic (exact) mass is 1060 g/mol. The van der Waals surface area contributed by atoms with Gasteiger partial charge in [-0.15, -0.1) is 0 Å². The van der Waals surface area contributed by atoms with Crippen molar-refractivity contribution in [2.24, 2.45) is 22.5 Å². The molecule has 4 aliphatic rings. The molecule has 3 fully saturated rings. The number of alkyl carbamates (subject to hydrolysis) is 1. The van der Waals surface area contributed by atoms with Gasteiger partial charge >= 0.3 is 24.0 Å². The van der Waals surface area contributed by atoms with Crippen molar-refractivity contribution in [2.75, 3.05) is 59.3 Å². The molecule has 2 bridgehead atoms. The average molecular weight is 1060 g/mol. The van der Waals surface area contributed by atoms with Crippen molar-refractivity contribution in [3.63, 3.8) is 0 Å². The van der Waals surface area contributed by atoms with Crippen molar-refractivity contribution < 1.29 is 82.0 Å². The Hall–Kier alpha value is -6.10. The molecule has 1 heterocycles. The van der Waals surface area contributed by atoms with Crippen molar-refractivity contribution in [1.82, 2.24) is 10.6 Å². The van der Waals surface area contributed by atoms with Gasteiger partial charge in [0, 0.05) is 50.5 Å². The molecule has 3 aromatic carbocycles. The van der Waals surface area contributed by atoms with E-state index in [9.17, 15) is 39.3 Å². The van der Waals surface area contributed by atoms with Crippen LogP contribution in [0.1, 0.15) is 92.6 Å². The molecule has 1 aliphatic heterocycles. The third-order valence-electron chi connectivity index (χ3n) is 15.4. The Labute approximate surface area is 441 Å². The number of Topliss-reactive ketones (excluding diaryl/α,β-unsaturated/α-hetero) is 1. The Balaban J connectivity index is 1.26. The maximum atomic E-state index is 16.0. The molecule has 20 heteroatoms. The van der Waals surface area contributed by atoms with Crippen LogP contribution >= 0.6 is 0 Å². The Kier molecular flexibility index (Phi) is 18.9. The van der Waals surface area contributed by atoms with Crippen LogP contribution in [0.4, 0.5) is 4.79 Å². The van der Waals surface area contributed by atoms with E-state index in [1.54, 1.807) is 92.7 Å². The van der Waals surface area contributed by atoms with Crippen LogP contribution in [0.2, 0.25) is 0 Å². The summed E-state index contributed by atoms with van der Waals surface area (Å²) in [4.78, 5) is 86.0. The van der Waals surface area contributed by atoms with Crippen LogP contribution in [0.25, 0.3) is 0 Å². The summed E-state index contributed by atoms with van der Waals surface area (Å²) in [5, 5.41) is 43.7. The fourth-order valence-corrected chi connectivity index (χ4v) is 11.3. The van der Waals surface area contributed by atoms with Crippen molar-refractivity contribution in [1.29, 1.82) is 0 Å². The van der Waals surface area contributed by atoms with Crippen LogP contribution in [0.15, 0.2) is 102 Å². The van der Waals surface area contributed by atoms with E-state index in [2.05, 4.69) is 10.6 Å². The normalized spacial score (nSPS) is 28.1. The number of nitrogens with one attached hydrogen (secondary N) is 2. The van der Waals surface area contributed by atoms with Crippen LogP contribution < -0.4 is 16.4 Å². The first-order valence-electron chi connectivity index (χ1n) is 25.7. The number of carbonyl (C=O) groups excluding carboxylic acids is 6. The first-order chi connectivity index (χ1) is 36.3. The largest absolute Gasteiger partial charge is 0.456 e. The van der Waals surface area contributed by atoms with Gasteiger partial charge in [0.1, 0.15) is 23.9 Å². The third kappa shape index (κ3) is 11.9. The molecular weight excluding hydrogens is 987 g/mol. The topological polar surface area (TPSA) is 287 Å². The predicted octanol–water partition coefficient (Wildman–Crippen LogP) is 3.69. The minimum Gasteiger partial charge on any atom is -0.456 e. The van der Waals surface area contributed by atoms with Crippen LogP contribution in [-0.2, 0) is 52.3 Å². The number of ketones is 1. The number of benzene rings is 3. The van der Waals surface area contributed by atoms with E-state index in [4.69, 9.17) is 43.6 Å². The highest BCUT2D eigenvalue weighted by Gasteiger charge is 2.78. The van der Waals surface area contributed by atoms with E-state index in [0.717, 1.165) is 13.3 Å². The minimum atomic E-state index is -2.46. The smallest absolute Gasteiger partial charge is 0.408 e. The van der Waals surface area contributed by atoms with Gasteiger partial charge in [-0.2, -0.15) is 0 Å². The maximum absolute atomic E-state index is 16.0. The van der Waals surface area contributed by atoms with E-state index in [0.29, 0.717) is 45.0 Å². The van der Waals surface area contributed by atoms with Crippen molar-refractivity contribution in [2.45, 2.75) is 114 Å². The van der Waals surface area contributed by atoms with Crippen LogP contribution in [0, 0.1) is 16.7 Å². The zero-order valence-electron chi connectivity index (χ0n) is 43.6. The molecule has 1 saturated heterocycles. The Morgan fingerprint density at radius 2 is 1.38 bits per heavy atom. The second kappa shape index (κ2) is 24.9. The number of aliphatic hydroxyl groups is 3. The molecule has 20 nitrogen and oxygen atoms in total. The number of hydrogen-bond acceptors (Lipinski definition) is 18. The van der Waals surface area contributed by atoms with E-state index in [1.165, 1.54) is 26.0 Å². The van der Waals surface area contributed by atoms with Crippen molar-refractivity contribution >= 4 is 35.7 Å². The molecule has 412 valence electrons. The molecule has 0 spiro atoms. The number of esters is 3. The zero-order valence-corrected chi connectivity index (χ0v) is 43.6. The first kappa shape index (κ1) is 57.6. The van der Waals surface area contributed by atoms with E-state index in [-0.39, 0.29) is 55.1 Å². The minimum absolute atomic E-state index is 0.0249. The number of hydrogen-bond donors (Lipinski definition) is 6. The molecule has 3 aliphatic carbocycles. The number of amides is 2. The molecule has 2 saturated carbocycles. The molecule has 76 heavy (non-hydrogen) atoms. The van der Waals surface area contributed by atoms with Gasteiger partial charge in [-0.25, -0.2) is 14.4 Å². The van der Waals surface area contributed by atoms with Crippen molar-refractivity contribution in [3.8, 4) is 0 Å². The number of nitrogens with two attached hydrogens (primary N) is 1. The summed E-state index contributed by atoms with van der Waals surface area (Å²) in [7, 11) is 0. The molecule has 2 amide bonds. The number of aliphatic hydroxyl groups excluding tert-OH is 2. The van der Waals surface area contributed by atoms with Crippen molar-refractivity contribution in [3.05, 3.63) is 119 Å². The summed E-state index contributed by atoms with van der Waals surface area (Å²) in [6.07, 6.45) is -11.0. The highest BCUT2D eigenvalue weighted by molar-refractivity contribution is 5.96. The van der Waals surface area contributed by atoms with Gasteiger partial charge in [-0.3, -0.25) is 14.4 Å². The molecule has 0 radical (unpaired) electrons. The fraction of sp³-hybridized carbons (Fsp3) is 0.536.